The number of fused-ring (bicyclic) bond motifs is 1. The summed E-state index contributed by atoms with van der Waals surface area (Å²) < 4.78 is 13.3. The molecular weight excluding hydrogens is 413 g/mol. The second kappa shape index (κ2) is 8.47. The Labute approximate surface area is 176 Å². The second-order valence-electron chi connectivity index (χ2n) is 6.84. The zero-order valence-corrected chi connectivity index (χ0v) is 17.0. The maximum absolute atomic E-state index is 13.3. The number of carbonyl (C=O) groups is 2. The van der Waals surface area contributed by atoms with Crippen LogP contribution < -0.4 is 5.32 Å². The Bertz CT molecular complexity index is 1050. The molecule has 29 heavy (non-hydrogen) atoms. The molecule has 1 aliphatic heterocycles. The predicted molar refractivity (Wildman–Crippen MR) is 114 cm³/mol. The van der Waals surface area contributed by atoms with Crippen molar-refractivity contribution in [3.63, 3.8) is 0 Å². The molecule has 2 amide bonds. The van der Waals surface area contributed by atoms with Crippen LogP contribution in [0.4, 0.5) is 4.39 Å². The van der Waals surface area contributed by atoms with E-state index in [1.807, 2.05) is 6.20 Å². The number of thioether (sulfide) groups is 1. The van der Waals surface area contributed by atoms with Gasteiger partial charge in [0.1, 0.15) is 11.9 Å². The number of hydrogen-bond donors (Lipinski definition) is 2. The Morgan fingerprint density at radius 2 is 2.03 bits per heavy atom. The van der Waals surface area contributed by atoms with E-state index in [-0.39, 0.29) is 17.6 Å². The molecular formula is C21H19ClFN3O2S. The van der Waals surface area contributed by atoms with Crippen molar-refractivity contribution in [1.82, 2.24) is 15.2 Å². The highest BCUT2D eigenvalue weighted by Crippen LogP contribution is 2.24. The normalized spacial score (nSPS) is 16.3. The number of H-pyrrole nitrogens is 1. The summed E-state index contributed by atoms with van der Waals surface area (Å²) in [5, 5.41) is 4.43. The summed E-state index contributed by atoms with van der Waals surface area (Å²) in [6.45, 7) is 0.438. The van der Waals surface area contributed by atoms with Gasteiger partial charge in [0.15, 0.2) is 0 Å². The van der Waals surface area contributed by atoms with E-state index in [1.54, 1.807) is 47.0 Å². The lowest BCUT2D eigenvalue weighted by Gasteiger charge is -2.23. The molecule has 3 aromatic rings. The predicted octanol–water partition coefficient (Wildman–Crippen LogP) is 3.83. The number of nitrogens with one attached hydrogen (secondary N) is 2. The van der Waals surface area contributed by atoms with Crippen molar-refractivity contribution in [2.24, 2.45) is 0 Å². The van der Waals surface area contributed by atoms with Gasteiger partial charge in [-0.2, -0.15) is 0 Å². The number of amides is 2. The number of rotatable bonds is 5. The van der Waals surface area contributed by atoms with Crippen molar-refractivity contribution in [1.29, 1.82) is 0 Å². The highest BCUT2D eigenvalue weighted by atomic mass is 35.5. The molecule has 8 heteroatoms. The van der Waals surface area contributed by atoms with Crippen molar-refractivity contribution < 1.29 is 14.0 Å². The maximum Gasteiger partial charge on any atom is 0.255 e. The van der Waals surface area contributed by atoms with Gasteiger partial charge in [-0.1, -0.05) is 11.6 Å². The lowest BCUT2D eigenvalue weighted by molar-refractivity contribution is -0.124. The van der Waals surface area contributed by atoms with Crippen molar-refractivity contribution in [3.05, 3.63) is 70.6 Å². The largest absolute Gasteiger partial charge is 0.361 e. The summed E-state index contributed by atoms with van der Waals surface area (Å²) >= 11 is 7.44. The summed E-state index contributed by atoms with van der Waals surface area (Å²) in [6.07, 6.45) is 2.44. The van der Waals surface area contributed by atoms with Gasteiger partial charge in [0, 0.05) is 40.0 Å². The quantitative estimate of drug-likeness (QED) is 0.645. The fourth-order valence-corrected chi connectivity index (χ4v) is 4.70. The van der Waals surface area contributed by atoms with Crippen LogP contribution >= 0.6 is 23.4 Å². The number of benzene rings is 2. The summed E-state index contributed by atoms with van der Waals surface area (Å²) in [5.41, 5.74) is 2.26. The topological polar surface area (TPSA) is 65.2 Å². The zero-order chi connectivity index (χ0) is 20.4. The molecule has 2 aromatic carbocycles. The number of aromatic nitrogens is 1. The first-order valence-electron chi connectivity index (χ1n) is 9.20. The summed E-state index contributed by atoms with van der Waals surface area (Å²) in [7, 11) is 0. The van der Waals surface area contributed by atoms with Crippen LogP contribution in [0, 0.1) is 5.82 Å². The fourth-order valence-electron chi connectivity index (χ4n) is 3.42. The molecule has 1 aromatic heterocycles. The van der Waals surface area contributed by atoms with Crippen LogP contribution in [0.5, 0.6) is 0 Å². The Kier molecular flexibility index (Phi) is 5.78. The SMILES string of the molecule is O=C(NCCc1c[nH]c2cc(F)ccc12)C1CSCN1C(=O)c1ccc(Cl)cc1. The minimum Gasteiger partial charge on any atom is -0.361 e. The number of aromatic amines is 1. The molecule has 0 radical (unpaired) electrons. The number of hydrogen-bond acceptors (Lipinski definition) is 3. The number of nitrogens with zero attached hydrogens (tertiary/aromatic N) is 1. The lowest BCUT2D eigenvalue weighted by atomic mass is 10.1. The van der Waals surface area contributed by atoms with E-state index in [0.29, 0.717) is 35.2 Å². The van der Waals surface area contributed by atoms with Crippen LogP contribution in [0.25, 0.3) is 10.9 Å². The van der Waals surface area contributed by atoms with E-state index >= 15 is 0 Å². The average molecular weight is 432 g/mol. The molecule has 0 saturated carbocycles. The summed E-state index contributed by atoms with van der Waals surface area (Å²) in [4.78, 5) is 30.1. The summed E-state index contributed by atoms with van der Waals surface area (Å²) in [5.74, 6) is 0.419. The first-order chi connectivity index (χ1) is 14.0. The van der Waals surface area contributed by atoms with Gasteiger partial charge in [0.25, 0.3) is 5.91 Å². The maximum atomic E-state index is 13.3. The first-order valence-corrected chi connectivity index (χ1v) is 10.7. The van der Waals surface area contributed by atoms with E-state index < -0.39 is 6.04 Å². The molecule has 5 nitrogen and oxygen atoms in total. The minimum atomic E-state index is -0.500. The lowest BCUT2D eigenvalue weighted by Crippen LogP contribution is -2.47. The molecule has 1 atom stereocenters. The van der Waals surface area contributed by atoms with Crippen LogP contribution in [-0.4, -0.2) is 45.9 Å². The molecule has 0 spiro atoms. The number of carbonyl (C=O) groups excluding carboxylic acids is 2. The molecule has 1 unspecified atom stereocenters. The Balaban J connectivity index is 1.37. The van der Waals surface area contributed by atoms with Crippen LogP contribution in [-0.2, 0) is 11.2 Å². The third kappa shape index (κ3) is 4.26. The van der Waals surface area contributed by atoms with Gasteiger partial charge in [0.2, 0.25) is 5.91 Å². The monoisotopic (exact) mass is 431 g/mol. The van der Waals surface area contributed by atoms with E-state index in [1.165, 1.54) is 12.1 Å². The van der Waals surface area contributed by atoms with E-state index in [0.717, 1.165) is 16.5 Å². The molecule has 4 rings (SSSR count). The van der Waals surface area contributed by atoms with Gasteiger partial charge in [0.05, 0.1) is 5.88 Å². The Hall–Kier alpha value is -2.51. The van der Waals surface area contributed by atoms with Crippen molar-refractivity contribution in [2.45, 2.75) is 12.5 Å². The van der Waals surface area contributed by atoms with Gasteiger partial charge >= 0.3 is 0 Å². The summed E-state index contributed by atoms with van der Waals surface area (Å²) in [6, 6.07) is 10.8. The molecule has 2 N–H and O–H groups in total. The van der Waals surface area contributed by atoms with E-state index in [4.69, 9.17) is 11.6 Å². The Morgan fingerprint density at radius 1 is 1.24 bits per heavy atom. The van der Waals surface area contributed by atoms with Crippen LogP contribution in [0.2, 0.25) is 5.02 Å². The average Bonchev–Trinajstić information content (AvgIpc) is 3.35. The van der Waals surface area contributed by atoms with E-state index in [9.17, 15) is 14.0 Å². The molecule has 1 fully saturated rings. The van der Waals surface area contributed by atoms with Gasteiger partial charge in [-0.15, -0.1) is 11.8 Å². The molecule has 1 saturated heterocycles. The molecule has 1 aliphatic rings. The standard InChI is InChI=1S/C21H19ClFN3O2S/c22-15-3-1-13(2-4-15)21(28)26-12-29-11-19(26)20(27)24-8-7-14-10-25-18-9-16(23)5-6-17(14)18/h1-6,9-10,19,25H,7-8,11-12H2,(H,24,27). The van der Waals surface area contributed by atoms with Crippen LogP contribution in [0.1, 0.15) is 15.9 Å². The highest BCUT2D eigenvalue weighted by Gasteiger charge is 2.34. The fraction of sp³-hybridized carbons (Fsp3) is 0.238. The van der Waals surface area contributed by atoms with Crippen molar-refractivity contribution >= 4 is 46.1 Å². The second-order valence-corrected chi connectivity index (χ2v) is 8.28. The van der Waals surface area contributed by atoms with Gasteiger partial charge in [-0.3, -0.25) is 9.59 Å². The Morgan fingerprint density at radius 3 is 2.83 bits per heavy atom. The molecule has 0 aliphatic carbocycles. The first kappa shape index (κ1) is 19.8. The molecule has 0 bridgehead atoms. The highest BCUT2D eigenvalue weighted by molar-refractivity contribution is 7.99. The van der Waals surface area contributed by atoms with E-state index in [2.05, 4.69) is 10.3 Å². The van der Waals surface area contributed by atoms with Crippen LogP contribution in [0.3, 0.4) is 0 Å². The van der Waals surface area contributed by atoms with Crippen molar-refractivity contribution in [3.8, 4) is 0 Å². The van der Waals surface area contributed by atoms with Gasteiger partial charge in [-0.05, 0) is 54.4 Å². The third-order valence-electron chi connectivity index (χ3n) is 4.96. The third-order valence-corrected chi connectivity index (χ3v) is 6.22. The molecule has 2 heterocycles. The van der Waals surface area contributed by atoms with Gasteiger partial charge in [-0.25, -0.2) is 4.39 Å². The molecule has 150 valence electrons. The van der Waals surface area contributed by atoms with Gasteiger partial charge < -0.3 is 15.2 Å². The minimum absolute atomic E-state index is 0.164. The van der Waals surface area contributed by atoms with Crippen molar-refractivity contribution in [2.75, 3.05) is 18.2 Å². The number of halogens is 2. The smallest absolute Gasteiger partial charge is 0.255 e. The zero-order valence-electron chi connectivity index (χ0n) is 15.5. The van der Waals surface area contributed by atoms with Crippen LogP contribution in [0.15, 0.2) is 48.7 Å².